The highest BCUT2D eigenvalue weighted by atomic mass is 32.1. The molecule has 1 heterocycles. The zero-order valence-corrected chi connectivity index (χ0v) is 15.6. The van der Waals surface area contributed by atoms with Crippen molar-refractivity contribution in [3.05, 3.63) is 82.5 Å². The van der Waals surface area contributed by atoms with Gasteiger partial charge in [-0.2, -0.15) is 0 Å². The highest BCUT2D eigenvalue weighted by molar-refractivity contribution is 7.15. The molecule has 0 aliphatic rings. The summed E-state index contributed by atoms with van der Waals surface area (Å²) in [6, 6.07) is 18.7. The molecule has 25 heavy (non-hydrogen) atoms. The summed E-state index contributed by atoms with van der Waals surface area (Å²) in [5, 5.41) is 10.7. The molecule has 3 heteroatoms. The molecule has 130 valence electrons. The van der Waals surface area contributed by atoms with Crippen molar-refractivity contribution >= 4 is 11.3 Å². The summed E-state index contributed by atoms with van der Waals surface area (Å²) in [5.74, 6) is -0.321. The number of hydrogen-bond acceptors (Lipinski definition) is 2. The van der Waals surface area contributed by atoms with E-state index in [1.54, 1.807) is 17.4 Å². The second kappa shape index (κ2) is 7.11. The van der Waals surface area contributed by atoms with Crippen molar-refractivity contribution in [1.82, 2.24) is 0 Å². The number of aliphatic hydroxyl groups excluding tert-OH is 1. The van der Waals surface area contributed by atoms with Crippen molar-refractivity contribution in [3.8, 4) is 10.4 Å². The van der Waals surface area contributed by atoms with Crippen LogP contribution in [0.5, 0.6) is 0 Å². The second-order valence-corrected chi connectivity index (χ2v) is 8.43. The van der Waals surface area contributed by atoms with Crippen molar-refractivity contribution in [3.63, 3.8) is 0 Å². The van der Waals surface area contributed by atoms with Crippen molar-refractivity contribution in [2.75, 3.05) is 0 Å². The Bertz CT molecular complexity index is 846. The Kier molecular flexibility index (Phi) is 5.07. The Labute approximate surface area is 152 Å². The van der Waals surface area contributed by atoms with Crippen LogP contribution in [0.2, 0.25) is 0 Å². The minimum Gasteiger partial charge on any atom is -0.388 e. The number of hydrogen-bond donors (Lipinski definition) is 1. The van der Waals surface area contributed by atoms with Crippen LogP contribution in [0.15, 0.2) is 60.7 Å². The Morgan fingerprint density at radius 1 is 1.00 bits per heavy atom. The van der Waals surface area contributed by atoms with Crippen molar-refractivity contribution in [2.24, 2.45) is 0 Å². The van der Waals surface area contributed by atoms with E-state index in [1.807, 2.05) is 30.3 Å². The van der Waals surface area contributed by atoms with Crippen molar-refractivity contribution in [1.29, 1.82) is 0 Å². The summed E-state index contributed by atoms with van der Waals surface area (Å²) in [4.78, 5) is 2.34. The lowest BCUT2D eigenvalue weighted by Crippen LogP contribution is -2.07. The maximum atomic E-state index is 13.8. The lowest BCUT2D eigenvalue weighted by atomic mass is 9.94. The van der Waals surface area contributed by atoms with Gasteiger partial charge >= 0.3 is 0 Å². The zero-order chi connectivity index (χ0) is 18.0. The van der Waals surface area contributed by atoms with E-state index in [4.69, 9.17) is 0 Å². The smallest absolute Gasteiger partial charge is 0.123 e. The van der Waals surface area contributed by atoms with Gasteiger partial charge in [-0.1, -0.05) is 57.2 Å². The summed E-state index contributed by atoms with van der Waals surface area (Å²) in [5.41, 5.74) is 2.66. The van der Waals surface area contributed by atoms with Crippen LogP contribution in [0.4, 0.5) is 4.39 Å². The zero-order valence-electron chi connectivity index (χ0n) is 14.8. The predicted molar refractivity (Wildman–Crippen MR) is 104 cm³/mol. The van der Waals surface area contributed by atoms with Gasteiger partial charge in [0.2, 0.25) is 0 Å². The van der Waals surface area contributed by atoms with Crippen molar-refractivity contribution < 1.29 is 9.50 Å². The molecule has 0 amide bonds. The largest absolute Gasteiger partial charge is 0.388 e. The fourth-order valence-electron chi connectivity index (χ4n) is 2.87. The van der Waals surface area contributed by atoms with Crippen LogP contribution in [0.3, 0.4) is 0 Å². The molecular formula is C22H23FOS. The fraction of sp³-hybridized carbons (Fsp3) is 0.273. The Balaban J connectivity index is 1.97. The highest BCUT2D eigenvalue weighted by Gasteiger charge is 2.20. The van der Waals surface area contributed by atoms with Crippen LogP contribution in [-0.4, -0.2) is 5.11 Å². The quantitative estimate of drug-likeness (QED) is 0.598. The maximum absolute atomic E-state index is 13.8. The third kappa shape index (κ3) is 4.17. The summed E-state index contributed by atoms with van der Waals surface area (Å²) < 4.78 is 13.8. The van der Waals surface area contributed by atoms with Gasteiger partial charge in [0.25, 0.3) is 0 Å². The molecule has 0 fully saturated rings. The first-order chi connectivity index (χ1) is 11.8. The van der Waals surface area contributed by atoms with E-state index in [-0.39, 0.29) is 11.2 Å². The number of benzene rings is 2. The first-order valence-electron chi connectivity index (χ1n) is 8.47. The normalized spacial score (nSPS) is 13.0. The van der Waals surface area contributed by atoms with E-state index in [1.165, 1.54) is 17.0 Å². The van der Waals surface area contributed by atoms with Gasteiger partial charge in [0, 0.05) is 16.2 Å². The van der Waals surface area contributed by atoms with Gasteiger partial charge in [-0.25, -0.2) is 4.39 Å². The second-order valence-electron chi connectivity index (χ2n) is 7.35. The van der Waals surface area contributed by atoms with Crippen LogP contribution in [0, 0.1) is 5.82 Å². The third-order valence-electron chi connectivity index (χ3n) is 4.26. The average molecular weight is 354 g/mol. The van der Waals surface area contributed by atoms with Crippen LogP contribution in [-0.2, 0) is 11.8 Å². The van der Waals surface area contributed by atoms with Gasteiger partial charge in [-0.3, -0.25) is 0 Å². The van der Waals surface area contributed by atoms with Gasteiger partial charge < -0.3 is 5.11 Å². The molecule has 1 unspecified atom stereocenters. The SMILES string of the molecule is CC(C)(C)c1ccc(-c2ccc(F)cc2C(O)Cc2ccccc2)s1. The number of aliphatic hydroxyl groups is 1. The first kappa shape index (κ1) is 17.8. The topological polar surface area (TPSA) is 20.2 Å². The van der Waals surface area contributed by atoms with E-state index in [0.717, 1.165) is 16.0 Å². The Hall–Kier alpha value is -1.97. The summed E-state index contributed by atoms with van der Waals surface area (Å²) >= 11 is 1.70. The van der Waals surface area contributed by atoms with Crippen molar-refractivity contribution in [2.45, 2.75) is 38.7 Å². The van der Waals surface area contributed by atoms with E-state index in [9.17, 15) is 9.50 Å². The molecular weight excluding hydrogens is 331 g/mol. The first-order valence-corrected chi connectivity index (χ1v) is 9.28. The predicted octanol–water partition coefficient (Wildman–Crippen LogP) is 6.13. The third-order valence-corrected chi connectivity index (χ3v) is 5.80. The molecule has 0 saturated heterocycles. The van der Waals surface area contributed by atoms with Crippen LogP contribution >= 0.6 is 11.3 Å². The molecule has 1 nitrogen and oxygen atoms in total. The molecule has 1 atom stereocenters. The highest BCUT2D eigenvalue weighted by Crippen LogP contribution is 2.38. The lowest BCUT2D eigenvalue weighted by molar-refractivity contribution is 0.178. The molecule has 0 saturated carbocycles. The monoisotopic (exact) mass is 354 g/mol. The molecule has 1 aromatic heterocycles. The van der Waals surface area contributed by atoms with E-state index < -0.39 is 6.10 Å². The van der Waals surface area contributed by atoms with Gasteiger partial charge in [0.05, 0.1) is 6.10 Å². The standard InChI is InChI=1S/C22H23FOS/c1-22(2,3)21-12-11-20(25-21)17-10-9-16(23)14-18(17)19(24)13-15-7-5-4-6-8-15/h4-12,14,19,24H,13H2,1-3H3. The number of thiophene rings is 1. The average Bonchev–Trinajstić information content (AvgIpc) is 3.06. The van der Waals surface area contributed by atoms with Gasteiger partial charge in [-0.15, -0.1) is 11.3 Å². The summed E-state index contributed by atoms with van der Waals surface area (Å²) in [6.07, 6.45) is -0.275. The van der Waals surface area contributed by atoms with Gasteiger partial charge in [0.15, 0.2) is 0 Å². The molecule has 2 aromatic carbocycles. The number of rotatable bonds is 4. The number of halogens is 1. The molecule has 3 aromatic rings. The molecule has 0 radical (unpaired) electrons. The molecule has 3 rings (SSSR count). The van der Waals surface area contributed by atoms with Crippen LogP contribution in [0.1, 0.15) is 42.9 Å². The fourth-order valence-corrected chi connectivity index (χ4v) is 3.98. The summed E-state index contributed by atoms with van der Waals surface area (Å²) in [7, 11) is 0. The van der Waals surface area contributed by atoms with Gasteiger partial charge in [0.1, 0.15) is 5.82 Å². The van der Waals surface area contributed by atoms with Crippen LogP contribution < -0.4 is 0 Å². The molecule has 0 aliphatic heterocycles. The molecule has 0 bridgehead atoms. The van der Waals surface area contributed by atoms with E-state index >= 15 is 0 Å². The molecule has 0 spiro atoms. The Morgan fingerprint density at radius 3 is 2.36 bits per heavy atom. The lowest BCUT2D eigenvalue weighted by Gasteiger charge is -2.17. The minimum absolute atomic E-state index is 0.0752. The molecule has 1 N–H and O–H groups in total. The Morgan fingerprint density at radius 2 is 1.72 bits per heavy atom. The van der Waals surface area contributed by atoms with Gasteiger partial charge in [-0.05, 0) is 46.4 Å². The maximum Gasteiger partial charge on any atom is 0.123 e. The minimum atomic E-state index is -0.742. The summed E-state index contributed by atoms with van der Waals surface area (Å²) in [6.45, 7) is 6.54. The van der Waals surface area contributed by atoms with Crippen LogP contribution in [0.25, 0.3) is 10.4 Å². The molecule has 0 aliphatic carbocycles. The van der Waals surface area contributed by atoms with E-state index in [0.29, 0.717) is 12.0 Å². The van der Waals surface area contributed by atoms with E-state index in [2.05, 4.69) is 32.9 Å².